The molecule has 3 heteroatoms. The normalized spacial score (nSPS) is 12.5. The van der Waals surface area contributed by atoms with Crippen molar-refractivity contribution in [3.63, 3.8) is 0 Å². The number of benzene rings is 3. The van der Waals surface area contributed by atoms with Crippen molar-refractivity contribution in [3.05, 3.63) is 82.1 Å². The maximum absolute atomic E-state index is 14.1. The lowest BCUT2D eigenvalue weighted by atomic mass is 9.98. The quantitative estimate of drug-likeness (QED) is 0.439. The Morgan fingerprint density at radius 3 is 2.52 bits per heavy atom. The minimum atomic E-state index is -0.188. The molecule has 0 aliphatic carbocycles. The number of fused-ring (bicyclic) bond motifs is 1. The monoisotopic (exact) mass is 406 g/mol. The highest BCUT2D eigenvalue weighted by molar-refractivity contribution is 9.10. The van der Waals surface area contributed by atoms with Gasteiger partial charge in [0, 0.05) is 14.9 Å². The SMILES string of the molecule is Fc1cc(Br)ccc1C(Br)Cc1cccc2ccccc12. The summed E-state index contributed by atoms with van der Waals surface area (Å²) in [5.74, 6) is -0.188. The molecule has 21 heavy (non-hydrogen) atoms. The molecular weight excluding hydrogens is 395 g/mol. The van der Waals surface area contributed by atoms with Crippen LogP contribution in [0.2, 0.25) is 0 Å². The van der Waals surface area contributed by atoms with Crippen molar-refractivity contribution >= 4 is 42.6 Å². The minimum Gasteiger partial charge on any atom is -0.207 e. The molecule has 3 rings (SSSR count). The van der Waals surface area contributed by atoms with E-state index in [1.54, 1.807) is 0 Å². The number of rotatable bonds is 3. The van der Waals surface area contributed by atoms with Gasteiger partial charge in [-0.25, -0.2) is 4.39 Å². The van der Waals surface area contributed by atoms with Crippen LogP contribution in [-0.2, 0) is 6.42 Å². The summed E-state index contributed by atoms with van der Waals surface area (Å²) >= 11 is 6.92. The van der Waals surface area contributed by atoms with E-state index in [1.807, 2.05) is 24.3 Å². The Morgan fingerprint density at radius 2 is 1.71 bits per heavy atom. The van der Waals surface area contributed by atoms with Gasteiger partial charge in [-0.05, 0) is 34.9 Å². The molecule has 1 atom stereocenters. The van der Waals surface area contributed by atoms with Gasteiger partial charge in [0.2, 0.25) is 0 Å². The molecule has 106 valence electrons. The van der Waals surface area contributed by atoms with E-state index < -0.39 is 0 Å². The van der Waals surface area contributed by atoms with Crippen LogP contribution >= 0.6 is 31.9 Å². The molecule has 0 aliphatic heterocycles. The first kappa shape index (κ1) is 14.7. The smallest absolute Gasteiger partial charge is 0.128 e. The van der Waals surface area contributed by atoms with Crippen molar-refractivity contribution in [1.29, 1.82) is 0 Å². The average molecular weight is 408 g/mol. The van der Waals surface area contributed by atoms with Crippen molar-refractivity contribution in [2.24, 2.45) is 0 Å². The fraction of sp³-hybridized carbons (Fsp3) is 0.111. The average Bonchev–Trinajstić information content (AvgIpc) is 2.47. The second-order valence-corrected chi connectivity index (χ2v) is 7.00. The molecule has 0 amide bonds. The van der Waals surface area contributed by atoms with E-state index >= 15 is 0 Å². The molecule has 0 fully saturated rings. The Hall–Kier alpha value is -1.19. The first-order valence-electron chi connectivity index (χ1n) is 6.71. The number of hydrogen-bond donors (Lipinski definition) is 0. The van der Waals surface area contributed by atoms with Gasteiger partial charge in [0.25, 0.3) is 0 Å². The van der Waals surface area contributed by atoms with Gasteiger partial charge in [0.1, 0.15) is 5.82 Å². The molecule has 0 aliphatic rings. The molecule has 0 spiro atoms. The van der Waals surface area contributed by atoms with Crippen molar-refractivity contribution < 1.29 is 4.39 Å². The maximum Gasteiger partial charge on any atom is 0.128 e. The first-order valence-corrected chi connectivity index (χ1v) is 8.41. The Labute approximate surface area is 140 Å². The zero-order valence-electron chi connectivity index (χ0n) is 11.2. The molecular formula is C18H13Br2F. The standard InChI is InChI=1S/C18H13Br2F/c19-14-8-9-16(18(21)11-14)17(20)10-13-6-3-5-12-4-1-2-7-15(12)13/h1-9,11,17H,10H2. The van der Waals surface area contributed by atoms with Gasteiger partial charge in [-0.3, -0.25) is 0 Å². The predicted molar refractivity (Wildman–Crippen MR) is 93.4 cm³/mol. The first-order chi connectivity index (χ1) is 10.1. The van der Waals surface area contributed by atoms with Crippen LogP contribution in [0.15, 0.2) is 65.1 Å². The van der Waals surface area contributed by atoms with Crippen molar-refractivity contribution in [2.45, 2.75) is 11.2 Å². The van der Waals surface area contributed by atoms with Crippen LogP contribution in [0.25, 0.3) is 10.8 Å². The third-order valence-corrected chi connectivity index (χ3v) is 4.89. The van der Waals surface area contributed by atoms with Crippen LogP contribution in [0.5, 0.6) is 0 Å². The number of halogens is 3. The minimum absolute atomic E-state index is 0.0450. The molecule has 0 nitrogen and oxygen atoms in total. The summed E-state index contributed by atoms with van der Waals surface area (Å²) in [6.07, 6.45) is 0.750. The molecule has 3 aromatic carbocycles. The van der Waals surface area contributed by atoms with Crippen LogP contribution in [0, 0.1) is 5.82 Å². The van der Waals surface area contributed by atoms with Gasteiger partial charge in [0.05, 0.1) is 0 Å². The summed E-state index contributed by atoms with van der Waals surface area (Å²) in [5, 5.41) is 2.44. The van der Waals surface area contributed by atoms with Gasteiger partial charge < -0.3 is 0 Å². The Morgan fingerprint density at radius 1 is 0.952 bits per heavy atom. The molecule has 3 aromatic rings. The number of hydrogen-bond acceptors (Lipinski definition) is 0. The van der Waals surface area contributed by atoms with E-state index in [-0.39, 0.29) is 10.6 Å². The lowest BCUT2D eigenvalue weighted by molar-refractivity contribution is 0.607. The van der Waals surface area contributed by atoms with Crippen molar-refractivity contribution in [2.75, 3.05) is 0 Å². The summed E-state index contributed by atoms with van der Waals surface area (Å²) in [4.78, 5) is -0.0450. The molecule has 1 unspecified atom stereocenters. The topological polar surface area (TPSA) is 0 Å². The largest absolute Gasteiger partial charge is 0.207 e. The van der Waals surface area contributed by atoms with Gasteiger partial charge in [-0.1, -0.05) is 80.4 Å². The summed E-state index contributed by atoms with van der Waals surface area (Å²) in [6, 6.07) is 19.7. The van der Waals surface area contributed by atoms with Gasteiger partial charge in [-0.15, -0.1) is 0 Å². The fourth-order valence-corrected chi connectivity index (χ4v) is 3.58. The summed E-state index contributed by atoms with van der Waals surface area (Å²) in [7, 11) is 0. The Kier molecular flexibility index (Phi) is 4.41. The van der Waals surface area contributed by atoms with Crippen molar-refractivity contribution in [1.82, 2.24) is 0 Å². The molecule has 0 heterocycles. The van der Waals surface area contributed by atoms with Gasteiger partial charge >= 0.3 is 0 Å². The molecule has 0 saturated heterocycles. The van der Waals surface area contributed by atoms with Crippen LogP contribution in [-0.4, -0.2) is 0 Å². The van der Waals surface area contributed by atoms with E-state index in [1.165, 1.54) is 22.4 Å². The number of alkyl halides is 1. The zero-order valence-corrected chi connectivity index (χ0v) is 14.4. The lowest BCUT2D eigenvalue weighted by Gasteiger charge is -2.13. The summed E-state index contributed by atoms with van der Waals surface area (Å²) < 4.78 is 14.8. The van der Waals surface area contributed by atoms with Crippen molar-refractivity contribution in [3.8, 4) is 0 Å². The second kappa shape index (κ2) is 6.29. The van der Waals surface area contributed by atoms with E-state index in [0.29, 0.717) is 5.56 Å². The predicted octanol–water partition coefficient (Wildman–Crippen LogP) is 6.42. The highest BCUT2D eigenvalue weighted by atomic mass is 79.9. The summed E-state index contributed by atoms with van der Waals surface area (Å²) in [6.45, 7) is 0. The highest BCUT2D eigenvalue weighted by Crippen LogP contribution is 2.32. The molecule has 0 N–H and O–H groups in total. The highest BCUT2D eigenvalue weighted by Gasteiger charge is 2.14. The lowest BCUT2D eigenvalue weighted by Crippen LogP contribution is -1.99. The van der Waals surface area contributed by atoms with Crippen LogP contribution in [0.4, 0.5) is 4.39 Å². The Balaban J connectivity index is 1.94. The van der Waals surface area contributed by atoms with Crippen LogP contribution in [0.1, 0.15) is 16.0 Å². The van der Waals surface area contributed by atoms with Crippen LogP contribution in [0.3, 0.4) is 0 Å². The van der Waals surface area contributed by atoms with E-state index in [0.717, 1.165) is 10.9 Å². The fourth-order valence-electron chi connectivity index (χ4n) is 2.53. The maximum atomic E-state index is 14.1. The zero-order chi connectivity index (χ0) is 14.8. The molecule has 0 aromatic heterocycles. The van der Waals surface area contributed by atoms with E-state index in [4.69, 9.17) is 0 Å². The van der Waals surface area contributed by atoms with E-state index in [2.05, 4.69) is 62.2 Å². The third kappa shape index (κ3) is 3.19. The van der Waals surface area contributed by atoms with Crippen LogP contribution < -0.4 is 0 Å². The third-order valence-electron chi connectivity index (χ3n) is 3.58. The van der Waals surface area contributed by atoms with Gasteiger partial charge in [-0.2, -0.15) is 0 Å². The Bertz CT molecular complexity index is 778. The van der Waals surface area contributed by atoms with Gasteiger partial charge in [0.15, 0.2) is 0 Å². The molecule has 0 radical (unpaired) electrons. The van der Waals surface area contributed by atoms with E-state index in [9.17, 15) is 4.39 Å². The summed E-state index contributed by atoms with van der Waals surface area (Å²) in [5.41, 5.74) is 1.91. The molecule has 0 bridgehead atoms. The molecule has 0 saturated carbocycles. The second-order valence-electron chi connectivity index (χ2n) is 4.98.